The second kappa shape index (κ2) is 8.57. The Bertz CT molecular complexity index is 774. The molecule has 0 saturated heterocycles. The standard InChI is InChI=1S/C21H30N2O3S/c1-3-22-27(25,26)20-13-6-17(7-14-20)8-15-21(24)23(19-11-12-19)18-9-4-16(2)5-10-18/h6-8,13-16,18-19,22H,3-5,9-12H2,1-2H3/b15-8+. The minimum atomic E-state index is -3.44. The molecule has 1 aromatic rings. The van der Waals surface area contributed by atoms with E-state index in [0.717, 1.165) is 37.2 Å². The van der Waals surface area contributed by atoms with Gasteiger partial charge in [0, 0.05) is 24.7 Å². The summed E-state index contributed by atoms with van der Waals surface area (Å²) in [5.74, 6) is 0.853. The summed E-state index contributed by atoms with van der Waals surface area (Å²) in [6, 6.07) is 7.40. The van der Waals surface area contributed by atoms with E-state index in [2.05, 4.69) is 16.5 Å². The first-order valence-electron chi connectivity index (χ1n) is 10.0. The summed E-state index contributed by atoms with van der Waals surface area (Å²) >= 11 is 0. The molecule has 148 valence electrons. The highest BCUT2D eigenvalue weighted by Crippen LogP contribution is 2.35. The molecule has 2 aliphatic carbocycles. The molecule has 0 aromatic heterocycles. The molecule has 0 heterocycles. The van der Waals surface area contributed by atoms with Crippen molar-refractivity contribution in [3.05, 3.63) is 35.9 Å². The van der Waals surface area contributed by atoms with Crippen molar-refractivity contribution in [1.82, 2.24) is 9.62 Å². The molecule has 2 aliphatic rings. The van der Waals surface area contributed by atoms with E-state index >= 15 is 0 Å². The van der Waals surface area contributed by atoms with Crippen LogP contribution in [0.4, 0.5) is 0 Å². The molecular formula is C21H30N2O3S. The van der Waals surface area contributed by atoms with Gasteiger partial charge in [-0.1, -0.05) is 26.0 Å². The number of nitrogens with one attached hydrogen (secondary N) is 1. The topological polar surface area (TPSA) is 66.5 Å². The molecule has 1 N–H and O–H groups in total. The summed E-state index contributed by atoms with van der Waals surface area (Å²) in [7, 11) is -3.44. The van der Waals surface area contributed by atoms with E-state index in [9.17, 15) is 13.2 Å². The van der Waals surface area contributed by atoms with Crippen molar-refractivity contribution in [2.45, 2.75) is 69.4 Å². The Kier molecular flexibility index (Phi) is 6.37. The highest BCUT2D eigenvalue weighted by Gasteiger charge is 2.37. The first-order chi connectivity index (χ1) is 12.9. The van der Waals surface area contributed by atoms with Crippen LogP contribution in [0.25, 0.3) is 6.08 Å². The fraction of sp³-hybridized carbons (Fsp3) is 0.571. The monoisotopic (exact) mass is 390 g/mol. The fourth-order valence-electron chi connectivity index (χ4n) is 3.82. The molecule has 0 radical (unpaired) electrons. The zero-order valence-corrected chi connectivity index (χ0v) is 17.0. The van der Waals surface area contributed by atoms with Crippen molar-refractivity contribution in [3.8, 4) is 0 Å². The Morgan fingerprint density at radius 3 is 2.15 bits per heavy atom. The van der Waals surface area contributed by atoms with Crippen molar-refractivity contribution in [1.29, 1.82) is 0 Å². The molecular weight excluding hydrogens is 360 g/mol. The maximum absolute atomic E-state index is 12.8. The highest BCUT2D eigenvalue weighted by molar-refractivity contribution is 7.89. The van der Waals surface area contributed by atoms with Gasteiger partial charge in [-0.05, 0) is 68.2 Å². The van der Waals surface area contributed by atoms with Crippen molar-refractivity contribution >= 4 is 22.0 Å². The molecule has 1 amide bonds. The molecule has 1 aromatic carbocycles. The second-order valence-electron chi connectivity index (χ2n) is 7.79. The molecule has 0 spiro atoms. The van der Waals surface area contributed by atoms with Gasteiger partial charge in [0.05, 0.1) is 4.90 Å². The smallest absolute Gasteiger partial charge is 0.247 e. The van der Waals surface area contributed by atoms with Crippen LogP contribution in [0, 0.1) is 5.92 Å². The summed E-state index contributed by atoms with van der Waals surface area (Å²) in [4.78, 5) is 15.2. The summed E-state index contributed by atoms with van der Waals surface area (Å²) in [5, 5.41) is 0. The molecule has 0 aliphatic heterocycles. The van der Waals surface area contributed by atoms with Gasteiger partial charge in [-0.3, -0.25) is 4.79 Å². The lowest BCUT2D eigenvalue weighted by Gasteiger charge is -2.36. The number of nitrogens with zero attached hydrogens (tertiary/aromatic N) is 1. The van der Waals surface area contributed by atoms with E-state index in [1.54, 1.807) is 43.3 Å². The zero-order valence-electron chi connectivity index (χ0n) is 16.2. The Labute approximate surface area is 162 Å². The number of rotatable bonds is 7. The van der Waals surface area contributed by atoms with Crippen molar-refractivity contribution < 1.29 is 13.2 Å². The predicted molar refractivity (Wildman–Crippen MR) is 108 cm³/mol. The summed E-state index contributed by atoms with van der Waals surface area (Å²) in [6.45, 7) is 4.40. The maximum atomic E-state index is 12.8. The normalized spacial score (nSPS) is 23.5. The molecule has 0 unspecified atom stereocenters. The van der Waals surface area contributed by atoms with Gasteiger partial charge < -0.3 is 4.90 Å². The largest absolute Gasteiger partial charge is 0.333 e. The molecule has 6 heteroatoms. The Morgan fingerprint density at radius 2 is 1.63 bits per heavy atom. The molecule has 27 heavy (non-hydrogen) atoms. The molecule has 0 bridgehead atoms. The third kappa shape index (κ3) is 5.20. The molecule has 0 atom stereocenters. The molecule has 3 rings (SSSR count). The van der Waals surface area contributed by atoms with Crippen LogP contribution in [0.3, 0.4) is 0 Å². The SMILES string of the molecule is CCNS(=O)(=O)c1ccc(/C=C/C(=O)N(C2CCC(C)CC2)C2CC2)cc1. The van der Waals surface area contributed by atoms with E-state index in [0.29, 0.717) is 18.6 Å². The Balaban J connectivity index is 1.66. The van der Waals surface area contributed by atoms with Crippen molar-refractivity contribution in [2.24, 2.45) is 5.92 Å². The Hall–Kier alpha value is -1.66. The van der Waals surface area contributed by atoms with Gasteiger partial charge in [-0.25, -0.2) is 13.1 Å². The number of hydrogen-bond donors (Lipinski definition) is 1. The average Bonchev–Trinajstić information content (AvgIpc) is 3.47. The van der Waals surface area contributed by atoms with Crippen LogP contribution in [-0.2, 0) is 14.8 Å². The molecule has 2 fully saturated rings. The van der Waals surface area contributed by atoms with Gasteiger partial charge in [0.1, 0.15) is 0 Å². The first kappa shape index (κ1) is 20.1. The van der Waals surface area contributed by atoms with E-state index in [4.69, 9.17) is 0 Å². The van der Waals surface area contributed by atoms with Crippen LogP contribution >= 0.6 is 0 Å². The highest BCUT2D eigenvalue weighted by atomic mass is 32.2. The third-order valence-corrected chi connectivity index (χ3v) is 7.08. The summed E-state index contributed by atoms with van der Waals surface area (Å²) < 4.78 is 26.5. The van der Waals surface area contributed by atoms with Crippen LogP contribution in [0.2, 0.25) is 0 Å². The van der Waals surface area contributed by atoms with E-state index in [1.807, 2.05) is 0 Å². The number of benzene rings is 1. The molecule has 5 nitrogen and oxygen atoms in total. The van der Waals surface area contributed by atoms with Crippen LogP contribution in [0.1, 0.15) is 57.9 Å². The first-order valence-corrected chi connectivity index (χ1v) is 11.5. The van der Waals surface area contributed by atoms with Gasteiger partial charge in [0.25, 0.3) is 0 Å². The van der Waals surface area contributed by atoms with Crippen LogP contribution < -0.4 is 4.72 Å². The zero-order chi connectivity index (χ0) is 19.4. The lowest BCUT2D eigenvalue weighted by molar-refractivity contribution is -0.129. The maximum Gasteiger partial charge on any atom is 0.247 e. The van der Waals surface area contributed by atoms with Gasteiger partial charge in [0.2, 0.25) is 15.9 Å². The number of amides is 1. The van der Waals surface area contributed by atoms with Crippen LogP contribution in [0.5, 0.6) is 0 Å². The van der Waals surface area contributed by atoms with Gasteiger partial charge in [-0.15, -0.1) is 0 Å². The number of carbonyl (C=O) groups excluding carboxylic acids is 1. The Morgan fingerprint density at radius 1 is 1.07 bits per heavy atom. The number of hydrogen-bond acceptors (Lipinski definition) is 3. The lowest BCUT2D eigenvalue weighted by atomic mass is 9.86. The van der Waals surface area contributed by atoms with Gasteiger partial charge in [-0.2, -0.15) is 0 Å². The fourth-order valence-corrected chi connectivity index (χ4v) is 4.86. The second-order valence-corrected chi connectivity index (χ2v) is 9.56. The van der Waals surface area contributed by atoms with E-state index < -0.39 is 10.0 Å². The van der Waals surface area contributed by atoms with Crippen molar-refractivity contribution in [3.63, 3.8) is 0 Å². The third-order valence-electron chi connectivity index (χ3n) is 5.52. The van der Waals surface area contributed by atoms with E-state index in [1.165, 1.54) is 12.8 Å². The summed E-state index contributed by atoms with van der Waals surface area (Å²) in [5.41, 5.74) is 0.826. The molecule has 2 saturated carbocycles. The van der Waals surface area contributed by atoms with Crippen molar-refractivity contribution in [2.75, 3.05) is 6.54 Å². The number of sulfonamides is 1. The van der Waals surface area contributed by atoms with E-state index in [-0.39, 0.29) is 10.8 Å². The minimum absolute atomic E-state index is 0.0846. The predicted octanol–water partition coefficient (Wildman–Crippen LogP) is 3.57. The van der Waals surface area contributed by atoms with Crippen LogP contribution in [-0.4, -0.2) is 37.9 Å². The average molecular weight is 391 g/mol. The van der Waals surface area contributed by atoms with Gasteiger partial charge in [0.15, 0.2) is 0 Å². The van der Waals surface area contributed by atoms with Gasteiger partial charge >= 0.3 is 0 Å². The quantitative estimate of drug-likeness (QED) is 0.724. The minimum Gasteiger partial charge on any atom is -0.333 e. The lowest BCUT2D eigenvalue weighted by Crippen LogP contribution is -2.42. The summed E-state index contributed by atoms with van der Waals surface area (Å²) in [6.07, 6.45) is 10.3. The van der Waals surface area contributed by atoms with Crippen LogP contribution in [0.15, 0.2) is 35.2 Å². The number of carbonyl (C=O) groups is 1.